The molecular weight excluding hydrogens is 612 g/mol. The number of ether oxygens (including phenoxy) is 2. The van der Waals surface area contributed by atoms with Crippen LogP contribution in [0.2, 0.25) is 5.02 Å². The predicted molar refractivity (Wildman–Crippen MR) is 176 cm³/mol. The second-order valence-corrected chi connectivity index (χ2v) is 13.1. The SMILES string of the molecule is C#Cc1c(F)ccc2cc(O)cc(-c3c(Cl)cc4c(N5CC6CCC(C5)N6)nc(OCCCN5C(C)COCC5C)nc4c3F)c12. The number of anilines is 1. The maximum atomic E-state index is 16.9. The standard InChI is InChI=1S/C35H36ClF2N5O3/c1-4-25-29(37)9-6-21-12-24(44)13-26(30(21)25)31-28(36)14-27-33(32(31)38)40-35(41-34(27)42-15-22-7-8-23(16-42)39-22)46-11-5-10-43-19(2)17-45-18-20(43)3/h1,6,9,12-14,19-20,22-23,39,44H,5,7-8,10-11,15-18H2,2-3H3. The van der Waals surface area contributed by atoms with Crippen molar-refractivity contribution in [2.45, 2.75) is 57.3 Å². The highest BCUT2D eigenvalue weighted by atomic mass is 35.5. The number of halogens is 3. The van der Waals surface area contributed by atoms with Crippen molar-refractivity contribution < 1.29 is 23.4 Å². The molecule has 46 heavy (non-hydrogen) atoms. The number of nitrogens with one attached hydrogen (secondary N) is 1. The van der Waals surface area contributed by atoms with Gasteiger partial charge in [0.25, 0.3) is 0 Å². The molecule has 4 unspecified atom stereocenters. The Morgan fingerprint density at radius 3 is 2.57 bits per heavy atom. The van der Waals surface area contributed by atoms with E-state index in [1.165, 1.54) is 24.3 Å². The molecule has 2 bridgehead atoms. The number of morpholine rings is 1. The number of piperazine rings is 1. The van der Waals surface area contributed by atoms with Crippen molar-refractivity contribution in [1.82, 2.24) is 20.2 Å². The maximum Gasteiger partial charge on any atom is 0.319 e. The number of benzene rings is 3. The fourth-order valence-corrected chi connectivity index (χ4v) is 7.63. The highest BCUT2D eigenvalue weighted by Gasteiger charge is 2.34. The van der Waals surface area contributed by atoms with Crippen LogP contribution < -0.4 is 15.0 Å². The van der Waals surface area contributed by atoms with Crippen molar-refractivity contribution >= 4 is 39.1 Å². The Bertz CT molecular complexity index is 1840. The number of fused-ring (bicyclic) bond motifs is 4. The van der Waals surface area contributed by atoms with E-state index < -0.39 is 11.6 Å². The zero-order chi connectivity index (χ0) is 32.1. The van der Waals surface area contributed by atoms with Crippen molar-refractivity contribution in [3.63, 3.8) is 0 Å². The highest BCUT2D eigenvalue weighted by molar-refractivity contribution is 6.35. The van der Waals surface area contributed by atoms with E-state index in [1.807, 2.05) is 0 Å². The van der Waals surface area contributed by atoms with Gasteiger partial charge in [0.1, 0.15) is 22.9 Å². The third kappa shape index (κ3) is 5.60. The molecule has 3 saturated heterocycles. The van der Waals surface area contributed by atoms with Crippen molar-refractivity contribution in [2.75, 3.05) is 44.4 Å². The van der Waals surface area contributed by atoms with Gasteiger partial charge < -0.3 is 24.8 Å². The van der Waals surface area contributed by atoms with E-state index in [0.29, 0.717) is 73.7 Å². The number of aromatic hydroxyl groups is 1. The van der Waals surface area contributed by atoms with Gasteiger partial charge in [0.15, 0.2) is 5.82 Å². The Morgan fingerprint density at radius 2 is 1.85 bits per heavy atom. The summed E-state index contributed by atoms with van der Waals surface area (Å²) >= 11 is 6.85. The number of phenols is 1. The molecule has 11 heteroatoms. The van der Waals surface area contributed by atoms with Crippen molar-refractivity contribution in [2.24, 2.45) is 0 Å². The van der Waals surface area contributed by atoms with Crippen molar-refractivity contribution in [3.8, 4) is 35.2 Å². The number of hydrogen-bond acceptors (Lipinski definition) is 8. The van der Waals surface area contributed by atoms with Crippen molar-refractivity contribution in [1.29, 1.82) is 0 Å². The first-order chi connectivity index (χ1) is 22.2. The molecule has 3 aromatic carbocycles. The Balaban J connectivity index is 1.31. The minimum Gasteiger partial charge on any atom is -0.508 e. The fraction of sp³-hybridized carbons (Fsp3) is 0.429. The minimum atomic E-state index is -0.732. The van der Waals surface area contributed by atoms with Gasteiger partial charge in [-0.05, 0) is 68.3 Å². The number of hydrogen-bond donors (Lipinski definition) is 2. The molecule has 0 amide bonds. The molecule has 4 atom stereocenters. The lowest BCUT2D eigenvalue weighted by atomic mass is 9.93. The molecule has 4 heterocycles. The summed E-state index contributed by atoms with van der Waals surface area (Å²) in [6.07, 6.45) is 8.55. The molecule has 3 aliphatic heterocycles. The Hall–Kier alpha value is -3.75. The van der Waals surface area contributed by atoms with E-state index in [-0.39, 0.29) is 44.4 Å². The largest absolute Gasteiger partial charge is 0.508 e. The maximum absolute atomic E-state index is 16.9. The van der Waals surface area contributed by atoms with Crippen LogP contribution in [0.25, 0.3) is 32.8 Å². The summed E-state index contributed by atoms with van der Waals surface area (Å²) < 4.78 is 43.5. The van der Waals surface area contributed by atoms with Crippen LogP contribution in [0.15, 0.2) is 30.3 Å². The van der Waals surface area contributed by atoms with Gasteiger partial charge in [-0.3, -0.25) is 4.90 Å². The normalized spacial score (nSPS) is 23.3. The summed E-state index contributed by atoms with van der Waals surface area (Å²) in [4.78, 5) is 13.9. The topological polar surface area (TPSA) is 83.0 Å². The highest BCUT2D eigenvalue weighted by Crippen LogP contribution is 2.44. The van der Waals surface area contributed by atoms with Crippen LogP contribution in [-0.4, -0.2) is 83.6 Å². The van der Waals surface area contributed by atoms with Crippen LogP contribution in [0.5, 0.6) is 11.8 Å². The van der Waals surface area contributed by atoms with E-state index in [0.717, 1.165) is 25.8 Å². The molecule has 3 fully saturated rings. The zero-order valence-corrected chi connectivity index (χ0v) is 26.6. The zero-order valence-electron chi connectivity index (χ0n) is 25.8. The number of nitrogens with zero attached hydrogens (tertiary/aromatic N) is 4. The fourth-order valence-electron chi connectivity index (χ4n) is 7.33. The summed E-state index contributed by atoms with van der Waals surface area (Å²) in [5.74, 6) is 1.44. The predicted octanol–water partition coefficient (Wildman–Crippen LogP) is 5.89. The average molecular weight is 648 g/mol. The summed E-state index contributed by atoms with van der Waals surface area (Å²) in [6, 6.07) is 8.46. The Kier molecular flexibility index (Phi) is 8.36. The van der Waals surface area contributed by atoms with Gasteiger partial charge in [-0.2, -0.15) is 9.97 Å². The molecule has 7 rings (SSSR count). The van der Waals surface area contributed by atoms with E-state index in [9.17, 15) is 9.50 Å². The van der Waals surface area contributed by atoms with E-state index >= 15 is 4.39 Å². The molecule has 0 saturated carbocycles. The number of terminal acetylenes is 1. The number of phenolic OH excluding ortho intramolecular Hbond substituents is 1. The first-order valence-corrected chi connectivity index (χ1v) is 16.2. The van der Waals surface area contributed by atoms with Crippen LogP contribution in [0, 0.1) is 24.0 Å². The van der Waals surface area contributed by atoms with Crippen LogP contribution in [0.3, 0.4) is 0 Å². The lowest BCUT2D eigenvalue weighted by Gasteiger charge is -2.38. The Morgan fingerprint density at radius 1 is 1.11 bits per heavy atom. The van der Waals surface area contributed by atoms with E-state index in [1.54, 1.807) is 6.07 Å². The molecule has 0 aliphatic carbocycles. The molecular formula is C35H36ClF2N5O3. The average Bonchev–Trinajstić information content (AvgIpc) is 3.37. The van der Waals surface area contributed by atoms with Gasteiger partial charge in [0.2, 0.25) is 0 Å². The Labute approximate surface area is 271 Å². The molecule has 3 aliphatic rings. The molecule has 1 aromatic heterocycles. The van der Waals surface area contributed by atoms with Gasteiger partial charge >= 0.3 is 6.01 Å². The lowest BCUT2D eigenvalue weighted by Crippen LogP contribution is -2.51. The van der Waals surface area contributed by atoms with Gasteiger partial charge in [0.05, 0.1) is 30.4 Å². The number of rotatable bonds is 7. The second-order valence-electron chi connectivity index (χ2n) is 12.6. The first-order valence-electron chi connectivity index (χ1n) is 15.8. The van der Waals surface area contributed by atoms with E-state index in [2.05, 4.69) is 39.9 Å². The third-order valence-electron chi connectivity index (χ3n) is 9.47. The minimum absolute atomic E-state index is 0.0239. The van der Waals surface area contributed by atoms with Gasteiger partial charge in [-0.25, -0.2) is 8.78 Å². The summed E-state index contributed by atoms with van der Waals surface area (Å²) in [6.45, 7) is 8.27. The van der Waals surface area contributed by atoms with Gasteiger partial charge in [0, 0.05) is 60.1 Å². The van der Waals surface area contributed by atoms with Crippen LogP contribution in [0.4, 0.5) is 14.6 Å². The van der Waals surface area contributed by atoms with Crippen molar-refractivity contribution in [3.05, 3.63) is 52.6 Å². The van der Waals surface area contributed by atoms with Crippen LogP contribution in [-0.2, 0) is 4.74 Å². The van der Waals surface area contributed by atoms with Gasteiger partial charge in [-0.15, -0.1) is 6.42 Å². The molecule has 2 N–H and O–H groups in total. The quantitative estimate of drug-likeness (QED) is 0.190. The van der Waals surface area contributed by atoms with Crippen LogP contribution in [0.1, 0.15) is 38.7 Å². The molecule has 0 radical (unpaired) electrons. The summed E-state index contributed by atoms with van der Waals surface area (Å²) in [5.41, 5.74) is 0.110. The third-order valence-corrected chi connectivity index (χ3v) is 9.76. The smallest absolute Gasteiger partial charge is 0.319 e. The summed E-state index contributed by atoms with van der Waals surface area (Å²) in [7, 11) is 0. The summed E-state index contributed by atoms with van der Waals surface area (Å²) in [5, 5.41) is 15.4. The lowest BCUT2D eigenvalue weighted by molar-refractivity contribution is -0.0380. The number of aromatic nitrogens is 2. The van der Waals surface area contributed by atoms with Gasteiger partial charge in [-0.1, -0.05) is 23.6 Å². The first kappa shape index (κ1) is 30.9. The molecule has 240 valence electrons. The molecule has 8 nitrogen and oxygen atoms in total. The molecule has 4 aromatic rings. The van der Waals surface area contributed by atoms with Crippen LogP contribution >= 0.6 is 11.6 Å². The van der Waals surface area contributed by atoms with E-state index in [4.69, 9.17) is 32.5 Å². The molecule has 0 spiro atoms. The second kappa shape index (κ2) is 12.5. The monoisotopic (exact) mass is 647 g/mol.